The van der Waals surface area contributed by atoms with E-state index in [1.54, 1.807) is 18.2 Å². The summed E-state index contributed by atoms with van der Waals surface area (Å²) in [6.45, 7) is 0. The standard InChI is InChI=1S/C16H9F4N.ClH/c17-11-6-7-13(16(18,19)20)12(9-11)15-8-5-10-3-1-2-4-14(10)21-15;/h1-9H;1H. The molecule has 1 nitrogen and oxygen atoms in total. The van der Waals surface area contributed by atoms with Gasteiger partial charge >= 0.3 is 6.18 Å². The number of fused-ring (bicyclic) bond motifs is 1. The van der Waals surface area contributed by atoms with Gasteiger partial charge in [0.2, 0.25) is 0 Å². The van der Waals surface area contributed by atoms with Crippen molar-refractivity contribution >= 4 is 23.3 Å². The third-order valence-corrected chi connectivity index (χ3v) is 3.16. The molecule has 0 amide bonds. The van der Waals surface area contributed by atoms with Gasteiger partial charge in [0.1, 0.15) is 5.82 Å². The van der Waals surface area contributed by atoms with Crippen molar-refractivity contribution < 1.29 is 17.6 Å². The molecule has 3 rings (SSSR count). The van der Waals surface area contributed by atoms with E-state index in [2.05, 4.69) is 4.98 Å². The fraction of sp³-hybridized carbons (Fsp3) is 0.0625. The summed E-state index contributed by atoms with van der Waals surface area (Å²) in [6.07, 6.45) is -4.56. The zero-order valence-electron chi connectivity index (χ0n) is 11.1. The second kappa shape index (κ2) is 5.93. The molecule has 2 aromatic carbocycles. The van der Waals surface area contributed by atoms with Crippen molar-refractivity contribution in [3.8, 4) is 11.3 Å². The molecule has 1 heterocycles. The quantitative estimate of drug-likeness (QED) is 0.539. The van der Waals surface area contributed by atoms with Crippen LogP contribution in [0.1, 0.15) is 5.56 Å². The molecule has 0 bridgehead atoms. The van der Waals surface area contributed by atoms with Crippen molar-refractivity contribution in [2.75, 3.05) is 0 Å². The summed E-state index contributed by atoms with van der Waals surface area (Å²) in [5, 5.41) is 0.811. The number of aromatic nitrogens is 1. The third kappa shape index (κ3) is 3.04. The van der Waals surface area contributed by atoms with E-state index in [9.17, 15) is 17.6 Å². The number of pyridine rings is 1. The lowest BCUT2D eigenvalue weighted by Gasteiger charge is -2.13. The highest BCUT2D eigenvalue weighted by Crippen LogP contribution is 2.37. The Labute approximate surface area is 130 Å². The van der Waals surface area contributed by atoms with E-state index in [-0.39, 0.29) is 23.7 Å². The molecule has 0 spiro atoms. The number of alkyl halides is 3. The van der Waals surface area contributed by atoms with Gasteiger partial charge in [-0.3, -0.25) is 0 Å². The van der Waals surface area contributed by atoms with Crippen molar-refractivity contribution in [3.05, 3.63) is 66.0 Å². The van der Waals surface area contributed by atoms with Crippen LogP contribution in [0.4, 0.5) is 17.6 Å². The molecule has 0 aliphatic carbocycles. The molecule has 0 saturated heterocycles. The number of hydrogen-bond acceptors (Lipinski definition) is 1. The Morgan fingerprint density at radius 3 is 2.32 bits per heavy atom. The molecule has 1 aromatic heterocycles. The lowest BCUT2D eigenvalue weighted by molar-refractivity contribution is -0.137. The molecule has 0 fully saturated rings. The first-order valence-electron chi connectivity index (χ1n) is 6.18. The Hall–Kier alpha value is -2.14. The fourth-order valence-corrected chi connectivity index (χ4v) is 2.19. The minimum atomic E-state index is -4.56. The lowest BCUT2D eigenvalue weighted by Crippen LogP contribution is -2.08. The number of halogens is 5. The predicted molar refractivity (Wildman–Crippen MR) is 79.4 cm³/mol. The minimum Gasteiger partial charge on any atom is -0.248 e. The monoisotopic (exact) mass is 327 g/mol. The van der Waals surface area contributed by atoms with E-state index < -0.39 is 17.6 Å². The van der Waals surface area contributed by atoms with Crippen LogP contribution >= 0.6 is 12.4 Å². The van der Waals surface area contributed by atoms with Gasteiger partial charge in [0.25, 0.3) is 0 Å². The maximum atomic E-state index is 13.3. The van der Waals surface area contributed by atoms with Crippen LogP contribution in [0.15, 0.2) is 54.6 Å². The highest BCUT2D eigenvalue weighted by atomic mass is 35.5. The van der Waals surface area contributed by atoms with Crippen LogP contribution in [0.3, 0.4) is 0 Å². The van der Waals surface area contributed by atoms with E-state index in [0.29, 0.717) is 5.52 Å². The van der Waals surface area contributed by atoms with Crippen molar-refractivity contribution in [1.29, 1.82) is 0 Å². The van der Waals surface area contributed by atoms with Gasteiger partial charge in [-0.15, -0.1) is 12.4 Å². The molecule has 6 heteroatoms. The predicted octanol–water partition coefficient (Wildman–Crippen LogP) is 5.48. The highest BCUT2D eigenvalue weighted by Gasteiger charge is 2.34. The van der Waals surface area contributed by atoms with Gasteiger partial charge in [0, 0.05) is 10.9 Å². The molecule has 114 valence electrons. The smallest absolute Gasteiger partial charge is 0.248 e. The Kier molecular flexibility index (Phi) is 4.37. The molecule has 0 aliphatic rings. The molecular formula is C16H10ClF4N. The number of hydrogen-bond donors (Lipinski definition) is 0. The van der Waals surface area contributed by atoms with E-state index in [4.69, 9.17) is 0 Å². The molecule has 22 heavy (non-hydrogen) atoms. The molecule has 0 N–H and O–H groups in total. The van der Waals surface area contributed by atoms with Crippen LogP contribution in [-0.4, -0.2) is 4.98 Å². The first-order valence-corrected chi connectivity index (χ1v) is 6.18. The van der Waals surface area contributed by atoms with Crippen LogP contribution in [-0.2, 0) is 6.18 Å². The Bertz CT molecular complexity index is 815. The topological polar surface area (TPSA) is 12.9 Å². The second-order valence-corrected chi connectivity index (χ2v) is 4.58. The van der Waals surface area contributed by atoms with Crippen LogP contribution in [0.5, 0.6) is 0 Å². The number of rotatable bonds is 1. The number of para-hydroxylation sites is 1. The summed E-state index contributed by atoms with van der Waals surface area (Å²) < 4.78 is 52.4. The van der Waals surface area contributed by atoms with E-state index >= 15 is 0 Å². The van der Waals surface area contributed by atoms with Crippen LogP contribution < -0.4 is 0 Å². The maximum absolute atomic E-state index is 13.3. The van der Waals surface area contributed by atoms with Crippen molar-refractivity contribution in [1.82, 2.24) is 4.98 Å². The first kappa shape index (κ1) is 16.2. The molecule has 0 unspecified atom stereocenters. The SMILES string of the molecule is Cl.Fc1ccc(C(F)(F)F)c(-c2ccc3ccccc3n2)c1. The van der Waals surface area contributed by atoms with E-state index in [0.717, 1.165) is 23.6 Å². The van der Waals surface area contributed by atoms with Crippen LogP contribution in [0, 0.1) is 5.82 Å². The fourth-order valence-electron chi connectivity index (χ4n) is 2.19. The lowest BCUT2D eigenvalue weighted by atomic mass is 10.0. The van der Waals surface area contributed by atoms with Crippen LogP contribution in [0.2, 0.25) is 0 Å². The zero-order chi connectivity index (χ0) is 15.0. The van der Waals surface area contributed by atoms with Gasteiger partial charge in [-0.25, -0.2) is 9.37 Å². The molecule has 0 radical (unpaired) electrons. The van der Waals surface area contributed by atoms with Crippen molar-refractivity contribution in [3.63, 3.8) is 0 Å². The highest BCUT2D eigenvalue weighted by molar-refractivity contribution is 5.85. The Morgan fingerprint density at radius 2 is 1.59 bits per heavy atom. The second-order valence-electron chi connectivity index (χ2n) is 4.58. The third-order valence-electron chi connectivity index (χ3n) is 3.16. The molecule has 3 aromatic rings. The molecule has 0 atom stereocenters. The summed E-state index contributed by atoms with van der Waals surface area (Å²) in [5.74, 6) is -0.729. The van der Waals surface area contributed by atoms with Gasteiger partial charge in [0.15, 0.2) is 0 Å². The molecule has 0 aliphatic heterocycles. The number of benzene rings is 2. The summed E-state index contributed by atoms with van der Waals surface area (Å²) in [6, 6.07) is 12.6. The van der Waals surface area contributed by atoms with Gasteiger partial charge < -0.3 is 0 Å². The van der Waals surface area contributed by atoms with E-state index in [1.165, 1.54) is 6.07 Å². The largest absolute Gasteiger partial charge is 0.417 e. The Morgan fingerprint density at radius 1 is 0.864 bits per heavy atom. The van der Waals surface area contributed by atoms with Gasteiger partial charge in [-0.2, -0.15) is 13.2 Å². The zero-order valence-corrected chi connectivity index (χ0v) is 11.9. The Balaban J connectivity index is 0.00000176. The molecular weight excluding hydrogens is 318 g/mol. The number of nitrogens with zero attached hydrogens (tertiary/aromatic N) is 1. The summed E-state index contributed by atoms with van der Waals surface area (Å²) in [4.78, 5) is 4.19. The van der Waals surface area contributed by atoms with E-state index in [1.807, 2.05) is 12.1 Å². The van der Waals surface area contributed by atoms with Gasteiger partial charge in [0.05, 0.1) is 16.8 Å². The van der Waals surface area contributed by atoms with Crippen LogP contribution in [0.25, 0.3) is 22.2 Å². The molecule has 0 saturated carbocycles. The average Bonchev–Trinajstić information content (AvgIpc) is 2.45. The summed E-state index contributed by atoms with van der Waals surface area (Å²) in [5.41, 5.74) is -0.493. The average molecular weight is 328 g/mol. The van der Waals surface area contributed by atoms with Gasteiger partial charge in [-0.1, -0.05) is 24.3 Å². The first-order chi connectivity index (χ1) is 9.95. The minimum absolute atomic E-state index is 0. The van der Waals surface area contributed by atoms with Crippen molar-refractivity contribution in [2.45, 2.75) is 6.18 Å². The normalized spacial score (nSPS) is 11.3. The van der Waals surface area contributed by atoms with Gasteiger partial charge in [-0.05, 0) is 30.3 Å². The summed E-state index contributed by atoms with van der Waals surface area (Å²) >= 11 is 0. The summed E-state index contributed by atoms with van der Waals surface area (Å²) in [7, 11) is 0. The van der Waals surface area contributed by atoms with Crippen molar-refractivity contribution in [2.24, 2.45) is 0 Å². The maximum Gasteiger partial charge on any atom is 0.417 e.